The number of amides is 1. The third-order valence-corrected chi connectivity index (χ3v) is 5.16. The first-order valence-electron chi connectivity index (χ1n) is 9.84. The fourth-order valence-electron chi connectivity index (χ4n) is 3.64. The normalized spacial score (nSPS) is 10.9. The predicted molar refractivity (Wildman–Crippen MR) is 123 cm³/mol. The summed E-state index contributed by atoms with van der Waals surface area (Å²) in [6, 6.07) is 15.7. The molecule has 2 aromatic carbocycles. The largest absolute Gasteiger partial charge is 0.456 e. The summed E-state index contributed by atoms with van der Waals surface area (Å²) in [5, 5.41) is 3.59. The van der Waals surface area contributed by atoms with Crippen LogP contribution in [-0.2, 0) is 4.79 Å². The zero-order chi connectivity index (χ0) is 22.3. The van der Waals surface area contributed by atoms with Gasteiger partial charge in [-0.1, -0.05) is 24.8 Å². The molecular weight excluding hydrogens is 390 g/mol. The van der Waals surface area contributed by atoms with E-state index in [-0.39, 0.29) is 17.1 Å². The molecule has 0 radical (unpaired) electrons. The number of benzene rings is 3. The Morgan fingerprint density at radius 2 is 1.68 bits per heavy atom. The van der Waals surface area contributed by atoms with Gasteiger partial charge in [-0.25, -0.2) is 0 Å². The van der Waals surface area contributed by atoms with Crippen molar-refractivity contribution in [2.45, 2.75) is 20.8 Å². The summed E-state index contributed by atoms with van der Waals surface area (Å²) >= 11 is 0. The molecule has 1 aliphatic heterocycles. The Labute approximate surface area is 179 Å². The molecule has 5 heteroatoms. The minimum atomic E-state index is -0.310. The number of aryl methyl sites for hydroxylation is 1. The van der Waals surface area contributed by atoms with E-state index in [0.717, 1.165) is 22.1 Å². The van der Waals surface area contributed by atoms with Gasteiger partial charge in [-0.15, -0.1) is 0 Å². The molecule has 1 N–H and O–H groups in total. The van der Waals surface area contributed by atoms with Crippen LogP contribution in [0.3, 0.4) is 0 Å². The van der Waals surface area contributed by atoms with Crippen molar-refractivity contribution >= 4 is 28.3 Å². The minimum absolute atomic E-state index is 0.143. The Balaban J connectivity index is 2.03. The second-order valence-electron chi connectivity index (χ2n) is 7.69. The van der Waals surface area contributed by atoms with Crippen molar-refractivity contribution in [1.82, 2.24) is 0 Å². The average Bonchev–Trinajstić information content (AvgIpc) is 2.71. The number of nitrogens with one attached hydrogen (secondary N) is 1. The monoisotopic (exact) mass is 411 g/mol. The van der Waals surface area contributed by atoms with Crippen molar-refractivity contribution in [2.75, 3.05) is 5.32 Å². The lowest BCUT2D eigenvalue weighted by molar-refractivity contribution is -0.112. The highest BCUT2D eigenvalue weighted by Crippen LogP contribution is 2.41. The number of rotatable bonds is 4. The molecule has 0 fully saturated rings. The van der Waals surface area contributed by atoms with E-state index in [1.807, 2.05) is 31.2 Å². The number of hydrogen-bond acceptors (Lipinski definition) is 4. The van der Waals surface area contributed by atoms with Gasteiger partial charge in [-0.05, 0) is 62.2 Å². The van der Waals surface area contributed by atoms with Gasteiger partial charge in [0.25, 0.3) is 5.91 Å². The molecular formula is C26H21NO4. The van der Waals surface area contributed by atoms with Gasteiger partial charge >= 0.3 is 0 Å². The highest BCUT2D eigenvalue weighted by atomic mass is 16.3. The molecule has 2 aromatic rings. The topological polar surface area (TPSA) is 76.4 Å². The van der Waals surface area contributed by atoms with Gasteiger partial charge in [0.1, 0.15) is 11.3 Å². The molecule has 0 aromatic heterocycles. The first kappa shape index (κ1) is 20.3. The van der Waals surface area contributed by atoms with Crippen molar-refractivity contribution in [1.29, 1.82) is 0 Å². The first-order valence-corrected chi connectivity index (χ1v) is 9.84. The van der Waals surface area contributed by atoms with Crippen LogP contribution in [0, 0.1) is 6.92 Å². The molecule has 0 unspecified atom stereocenters. The number of anilines is 1. The fourth-order valence-corrected chi connectivity index (χ4v) is 3.64. The first-order chi connectivity index (χ1) is 14.7. The van der Waals surface area contributed by atoms with Gasteiger partial charge in [-0.3, -0.25) is 14.4 Å². The van der Waals surface area contributed by atoms with Crippen LogP contribution in [0.25, 0.3) is 33.4 Å². The summed E-state index contributed by atoms with van der Waals surface area (Å²) in [5.41, 5.74) is 5.07. The maximum absolute atomic E-state index is 12.6. The van der Waals surface area contributed by atoms with E-state index in [0.29, 0.717) is 33.7 Å². The van der Waals surface area contributed by atoms with E-state index in [2.05, 4.69) is 11.9 Å². The van der Waals surface area contributed by atoms with Crippen molar-refractivity contribution in [2.24, 2.45) is 0 Å². The average molecular weight is 411 g/mol. The van der Waals surface area contributed by atoms with Gasteiger partial charge in [0, 0.05) is 39.4 Å². The Hall–Kier alpha value is -3.99. The van der Waals surface area contributed by atoms with Gasteiger partial charge in [-0.2, -0.15) is 0 Å². The van der Waals surface area contributed by atoms with Crippen molar-refractivity contribution in [3.63, 3.8) is 0 Å². The molecule has 5 nitrogen and oxygen atoms in total. The SMILES string of the molecule is C=C(C)C(=O)Nc1ccc(-c2c3ccc(=O)cc-3oc3cc(C)ccc23)c(C(C)=O)c1. The summed E-state index contributed by atoms with van der Waals surface area (Å²) in [6.45, 7) is 8.71. The molecule has 0 saturated carbocycles. The molecule has 1 aliphatic carbocycles. The van der Waals surface area contributed by atoms with Gasteiger partial charge in [0.2, 0.25) is 0 Å². The molecule has 0 bridgehead atoms. The van der Waals surface area contributed by atoms with Crippen molar-refractivity contribution in [3.05, 3.63) is 88.1 Å². The molecule has 1 heterocycles. The number of carbonyl (C=O) groups excluding carboxylic acids is 2. The lowest BCUT2D eigenvalue weighted by Crippen LogP contribution is -2.12. The lowest BCUT2D eigenvalue weighted by atomic mass is 9.89. The summed E-state index contributed by atoms with van der Waals surface area (Å²) in [5.74, 6) is 0.000879. The zero-order valence-corrected chi connectivity index (χ0v) is 17.5. The van der Waals surface area contributed by atoms with Crippen LogP contribution in [-0.4, -0.2) is 11.7 Å². The van der Waals surface area contributed by atoms with Crippen LogP contribution in [0.1, 0.15) is 29.8 Å². The second kappa shape index (κ2) is 7.69. The maximum atomic E-state index is 12.6. The molecule has 0 saturated heterocycles. The van der Waals surface area contributed by atoms with Crippen molar-refractivity contribution in [3.8, 4) is 22.5 Å². The number of ketones is 1. The molecule has 31 heavy (non-hydrogen) atoms. The van der Waals surface area contributed by atoms with E-state index >= 15 is 0 Å². The van der Waals surface area contributed by atoms with E-state index in [9.17, 15) is 14.4 Å². The highest BCUT2D eigenvalue weighted by Gasteiger charge is 2.21. The molecule has 154 valence electrons. The van der Waals surface area contributed by atoms with Crippen LogP contribution >= 0.6 is 0 Å². The number of Topliss-reactive ketones (excluding diaryl/α,β-unsaturated/α-hetero) is 1. The third-order valence-electron chi connectivity index (χ3n) is 5.16. The van der Waals surface area contributed by atoms with Crippen LogP contribution in [0.15, 0.2) is 76.0 Å². The molecule has 2 aliphatic rings. The zero-order valence-electron chi connectivity index (χ0n) is 17.5. The summed E-state index contributed by atoms with van der Waals surface area (Å²) < 4.78 is 6.02. The third kappa shape index (κ3) is 3.78. The van der Waals surface area contributed by atoms with E-state index in [1.165, 1.54) is 19.1 Å². The van der Waals surface area contributed by atoms with Gasteiger partial charge < -0.3 is 9.73 Å². The van der Waals surface area contributed by atoms with Crippen LogP contribution in [0.2, 0.25) is 0 Å². The number of carbonyl (C=O) groups is 2. The van der Waals surface area contributed by atoms with E-state index < -0.39 is 0 Å². The molecule has 4 rings (SSSR count). The van der Waals surface area contributed by atoms with Crippen LogP contribution < -0.4 is 10.7 Å². The molecule has 0 spiro atoms. The smallest absolute Gasteiger partial charge is 0.250 e. The Kier molecular flexibility index (Phi) is 5.03. The van der Waals surface area contributed by atoms with Gasteiger partial charge in [0.15, 0.2) is 11.2 Å². The number of hydrogen-bond donors (Lipinski definition) is 1. The summed E-state index contributed by atoms with van der Waals surface area (Å²) in [7, 11) is 0. The molecule has 1 amide bonds. The van der Waals surface area contributed by atoms with E-state index in [4.69, 9.17) is 4.42 Å². The van der Waals surface area contributed by atoms with Crippen LogP contribution in [0.4, 0.5) is 5.69 Å². The van der Waals surface area contributed by atoms with Crippen molar-refractivity contribution < 1.29 is 14.0 Å². The van der Waals surface area contributed by atoms with Crippen LogP contribution in [0.5, 0.6) is 0 Å². The Morgan fingerprint density at radius 3 is 2.39 bits per heavy atom. The van der Waals surface area contributed by atoms with Gasteiger partial charge in [0.05, 0.1) is 0 Å². The summed E-state index contributed by atoms with van der Waals surface area (Å²) in [4.78, 5) is 36.6. The predicted octanol–water partition coefficient (Wildman–Crippen LogP) is 5.59. The quantitative estimate of drug-likeness (QED) is 0.270. The second-order valence-corrected chi connectivity index (χ2v) is 7.69. The minimum Gasteiger partial charge on any atom is -0.456 e. The fraction of sp³-hybridized carbons (Fsp3) is 0.115. The number of fused-ring (bicyclic) bond motifs is 2. The standard InChI is InChI=1S/C26H21NO4/c1-14(2)26(30)27-17-6-9-19(22(12-17)16(4)28)25-20-8-5-15(3)11-23(20)31-24-13-18(29)7-10-21(24)25/h5-13H,1H2,2-4H3,(H,27,30). The molecule has 0 atom stereocenters. The lowest BCUT2D eigenvalue weighted by Gasteiger charge is -2.18. The van der Waals surface area contributed by atoms with E-state index in [1.54, 1.807) is 25.1 Å². The Bertz CT molecular complexity index is 1410. The maximum Gasteiger partial charge on any atom is 0.250 e. The summed E-state index contributed by atoms with van der Waals surface area (Å²) in [6.07, 6.45) is 0. The highest BCUT2D eigenvalue weighted by molar-refractivity contribution is 6.10. The Morgan fingerprint density at radius 1 is 0.935 bits per heavy atom.